The molecule has 0 saturated carbocycles. The van der Waals surface area contributed by atoms with Crippen LogP contribution in [0.3, 0.4) is 0 Å². The molecule has 3 N–H and O–H groups in total. The fraction of sp³-hybridized carbons (Fsp3) is 0.308. The summed E-state index contributed by atoms with van der Waals surface area (Å²) in [6, 6.07) is 7.50. The zero-order chi connectivity index (χ0) is 13.7. The van der Waals surface area contributed by atoms with Crippen molar-refractivity contribution in [3.05, 3.63) is 24.3 Å². The first-order valence-electron chi connectivity index (χ1n) is 6.21. The number of hydrogen-bond acceptors (Lipinski definition) is 3. The molecule has 0 aliphatic rings. The molecule has 0 unspecified atom stereocenters. The van der Waals surface area contributed by atoms with Crippen molar-refractivity contribution in [3.8, 4) is 5.88 Å². The quantitative estimate of drug-likeness (QED) is 0.453. The highest BCUT2D eigenvalue weighted by Crippen LogP contribution is 2.34. The van der Waals surface area contributed by atoms with Gasteiger partial charge in [-0.05, 0) is 24.7 Å². The molecule has 0 spiro atoms. The van der Waals surface area contributed by atoms with Crippen molar-refractivity contribution >= 4 is 33.9 Å². The van der Waals surface area contributed by atoms with E-state index in [1.54, 1.807) is 0 Å². The van der Waals surface area contributed by atoms with E-state index in [4.69, 9.17) is 12.2 Å². The van der Waals surface area contributed by atoms with E-state index >= 15 is 0 Å². The van der Waals surface area contributed by atoms with Gasteiger partial charge in [0.25, 0.3) is 0 Å². The number of unbranched alkanes of at least 4 members (excludes halogenated alkanes) is 1. The number of para-hydroxylation sites is 1. The monoisotopic (exact) mass is 276 g/mol. The van der Waals surface area contributed by atoms with E-state index in [0.717, 1.165) is 30.3 Å². The maximum Gasteiger partial charge on any atom is 0.218 e. The Bertz CT molecular complexity index is 606. The second-order valence-electron chi connectivity index (χ2n) is 4.15. The van der Waals surface area contributed by atoms with Gasteiger partial charge in [-0.25, -0.2) is 0 Å². The van der Waals surface area contributed by atoms with Crippen molar-refractivity contribution in [2.75, 3.05) is 6.54 Å². The summed E-state index contributed by atoms with van der Waals surface area (Å²) in [4.78, 5) is 2.84. The molecule has 0 amide bonds. The first kappa shape index (κ1) is 13.5. The topological polar surface area (TPSA) is 72.8 Å². The predicted molar refractivity (Wildman–Crippen MR) is 80.0 cm³/mol. The molecule has 0 saturated heterocycles. The Morgan fingerprint density at radius 1 is 1.42 bits per heavy atom. The minimum Gasteiger partial charge on any atom is -0.493 e. The van der Waals surface area contributed by atoms with Gasteiger partial charge in [0.2, 0.25) is 11.0 Å². The van der Waals surface area contributed by atoms with Crippen LogP contribution in [0.25, 0.3) is 10.9 Å². The summed E-state index contributed by atoms with van der Waals surface area (Å²) in [5.41, 5.74) is 1.23. The Morgan fingerprint density at radius 3 is 3.00 bits per heavy atom. The van der Waals surface area contributed by atoms with E-state index in [1.807, 2.05) is 24.3 Å². The Kier molecular flexibility index (Phi) is 4.46. The van der Waals surface area contributed by atoms with Crippen LogP contribution < -0.4 is 5.32 Å². The molecule has 0 radical (unpaired) electrons. The number of thiocarbonyl (C=S) groups is 1. The van der Waals surface area contributed by atoms with Gasteiger partial charge in [0.1, 0.15) is 0 Å². The molecule has 0 fully saturated rings. The summed E-state index contributed by atoms with van der Waals surface area (Å²) in [5, 5.41) is 21.9. The van der Waals surface area contributed by atoms with Gasteiger partial charge in [-0.1, -0.05) is 31.5 Å². The number of aromatic amines is 1. The van der Waals surface area contributed by atoms with Crippen molar-refractivity contribution in [3.63, 3.8) is 0 Å². The Labute approximate surface area is 116 Å². The number of benzene rings is 1. The zero-order valence-corrected chi connectivity index (χ0v) is 11.5. The molecular formula is C13H16N4OS. The molecule has 1 aromatic heterocycles. The van der Waals surface area contributed by atoms with Crippen molar-refractivity contribution < 1.29 is 5.11 Å². The van der Waals surface area contributed by atoms with E-state index in [9.17, 15) is 5.11 Å². The maximum absolute atomic E-state index is 9.79. The highest BCUT2D eigenvalue weighted by atomic mass is 32.1. The van der Waals surface area contributed by atoms with Gasteiger partial charge in [0, 0.05) is 11.9 Å². The lowest BCUT2D eigenvalue weighted by Crippen LogP contribution is -2.19. The minimum atomic E-state index is 0.00121. The third-order valence-corrected chi connectivity index (χ3v) is 2.93. The molecule has 0 aliphatic heterocycles. The lowest BCUT2D eigenvalue weighted by Gasteiger charge is -2.00. The predicted octanol–water partition coefficient (Wildman–Crippen LogP) is 3.63. The van der Waals surface area contributed by atoms with Crippen LogP contribution in [0.2, 0.25) is 0 Å². The Hall–Kier alpha value is -1.95. The number of aromatic nitrogens is 1. The lowest BCUT2D eigenvalue weighted by atomic mass is 10.2. The molecule has 2 rings (SSSR count). The van der Waals surface area contributed by atoms with E-state index < -0.39 is 0 Å². The van der Waals surface area contributed by atoms with Gasteiger partial charge in [0.05, 0.1) is 5.52 Å². The fourth-order valence-electron chi connectivity index (χ4n) is 1.72. The highest BCUT2D eigenvalue weighted by Gasteiger charge is 2.09. The van der Waals surface area contributed by atoms with Crippen LogP contribution in [0.4, 0.5) is 5.69 Å². The maximum atomic E-state index is 9.79. The summed E-state index contributed by atoms with van der Waals surface area (Å²) in [5.74, 6) is 0.00121. The van der Waals surface area contributed by atoms with Gasteiger partial charge in [-0.15, -0.1) is 10.2 Å². The standard InChI is InChI=1S/C13H16N4OS/c1-2-3-8-14-13(19)17-16-11-9-6-4-5-7-10(9)15-12(11)18/h4-7,15,18H,2-3,8H2,1H3,(H,14,19). The van der Waals surface area contributed by atoms with Gasteiger partial charge in [-0.3, -0.25) is 0 Å². The number of hydrogen-bond donors (Lipinski definition) is 3. The summed E-state index contributed by atoms with van der Waals surface area (Å²) in [6.07, 6.45) is 2.13. The highest BCUT2D eigenvalue weighted by molar-refractivity contribution is 7.80. The van der Waals surface area contributed by atoms with Crippen LogP contribution in [0.15, 0.2) is 34.5 Å². The summed E-state index contributed by atoms with van der Waals surface area (Å²) in [7, 11) is 0. The Balaban J connectivity index is 2.12. The SMILES string of the molecule is CCCCNC(=S)N=Nc1c(O)[nH]c2ccccc12. The van der Waals surface area contributed by atoms with Crippen molar-refractivity contribution in [2.45, 2.75) is 19.8 Å². The average molecular weight is 276 g/mol. The molecule has 0 atom stereocenters. The molecule has 100 valence electrons. The molecule has 0 bridgehead atoms. The van der Waals surface area contributed by atoms with Crippen molar-refractivity contribution in [1.29, 1.82) is 0 Å². The summed E-state index contributed by atoms with van der Waals surface area (Å²) < 4.78 is 0. The van der Waals surface area contributed by atoms with Gasteiger partial charge in [0.15, 0.2) is 5.69 Å². The fourth-order valence-corrected chi connectivity index (χ4v) is 1.86. The van der Waals surface area contributed by atoms with E-state index in [1.165, 1.54) is 0 Å². The van der Waals surface area contributed by atoms with Crippen LogP contribution in [-0.2, 0) is 0 Å². The minimum absolute atomic E-state index is 0.00121. The number of H-pyrrole nitrogens is 1. The van der Waals surface area contributed by atoms with Gasteiger partial charge < -0.3 is 15.4 Å². The van der Waals surface area contributed by atoms with Crippen LogP contribution in [0, 0.1) is 0 Å². The average Bonchev–Trinajstić information content (AvgIpc) is 2.72. The molecule has 1 aromatic carbocycles. The summed E-state index contributed by atoms with van der Waals surface area (Å²) in [6.45, 7) is 2.89. The smallest absolute Gasteiger partial charge is 0.218 e. The van der Waals surface area contributed by atoms with Crippen LogP contribution in [0.1, 0.15) is 19.8 Å². The molecule has 6 heteroatoms. The zero-order valence-electron chi connectivity index (χ0n) is 10.7. The second-order valence-corrected chi connectivity index (χ2v) is 4.54. The Morgan fingerprint density at radius 2 is 2.21 bits per heavy atom. The third-order valence-electron chi connectivity index (χ3n) is 2.71. The molecule has 2 aromatic rings. The number of azo groups is 1. The molecule has 1 heterocycles. The second kappa shape index (κ2) is 6.29. The molecule has 5 nitrogen and oxygen atoms in total. The third kappa shape index (κ3) is 3.29. The van der Waals surface area contributed by atoms with Gasteiger partial charge >= 0.3 is 0 Å². The number of rotatable bonds is 4. The molecule has 19 heavy (non-hydrogen) atoms. The number of aromatic hydroxyl groups is 1. The van der Waals surface area contributed by atoms with Crippen LogP contribution in [0.5, 0.6) is 5.88 Å². The van der Waals surface area contributed by atoms with Gasteiger partial charge in [-0.2, -0.15) is 0 Å². The molecular weight excluding hydrogens is 260 g/mol. The van der Waals surface area contributed by atoms with Crippen LogP contribution in [-0.4, -0.2) is 21.7 Å². The lowest BCUT2D eigenvalue weighted by molar-refractivity contribution is 0.459. The van der Waals surface area contributed by atoms with Crippen LogP contribution >= 0.6 is 12.2 Å². The van der Waals surface area contributed by atoms with E-state index in [2.05, 4.69) is 27.5 Å². The first-order chi connectivity index (χ1) is 9.22. The normalized spacial score (nSPS) is 11.2. The van der Waals surface area contributed by atoms with Crippen molar-refractivity contribution in [2.24, 2.45) is 10.2 Å². The number of nitrogens with one attached hydrogen (secondary N) is 2. The number of nitrogens with zero attached hydrogens (tertiary/aromatic N) is 2. The van der Waals surface area contributed by atoms with E-state index in [-0.39, 0.29) is 5.88 Å². The van der Waals surface area contributed by atoms with E-state index in [0.29, 0.717) is 10.8 Å². The molecule has 0 aliphatic carbocycles. The number of fused-ring (bicyclic) bond motifs is 1. The largest absolute Gasteiger partial charge is 0.493 e. The summed E-state index contributed by atoms with van der Waals surface area (Å²) >= 11 is 5.04. The van der Waals surface area contributed by atoms with Crippen molar-refractivity contribution in [1.82, 2.24) is 10.3 Å². The first-order valence-corrected chi connectivity index (χ1v) is 6.62.